The molecule has 0 saturated carbocycles. The second-order valence-corrected chi connectivity index (χ2v) is 6.93. The quantitative estimate of drug-likeness (QED) is 0.782. The van der Waals surface area contributed by atoms with Crippen LogP contribution in [0.3, 0.4) is 0 Å². The number of nitrogens with one attached hydrogen (secondary N) is 1. The van der Waals surface area contributed by atoms with Gasteiger partial charge in [-0.05, 0) is 62.1 Å². The van der Waals surface area contributed by atoms with E-state index in [1.807, 2.05) is 50.2 Å². The predicted octanol–water partition coefficient (Wildman–Crippen LogP) is 3.85. The van der Waals surface area contributed by atoms with Crippen molar-refractivity contribution in [1.82, 2.24) is 9.97 Å². The number of hydrogen-bond donors (Lipinski definition) is 1. The summed E-state index contributed by atoms with van der Waals surface area (Å²) in [6, 6.07) is 13.8. The zero-order valence-corrected chi connectivity index (χ0v) is 15.1. The number of aromatic nitrogens is 2. The molecule has 2 heterocycles. The number of anilines is 2. The number of carbonyl (C=O) groups excluding carboxylic acids is 1. The number of para-hydroxylation sites is 1. The van der Waals surface area contributed by atoms with Crippen LogP contribution >= 0.6 is 0 Å². The van der Waals surface area contributed by atoms with E-state index in [-0.39, 0.29) is 11.9 Å². The first-order valence-corrected chi connectivity index (χ1v) is 8.97. The van der Waals surface area contributed by atoms with Gasteiger partial charge in [-0.3, -0.25) is 4.79 Å². The van der Waals surface area contributed by atoms with E-state index in [4.69, 9.17) is 0 Å². The third-order valence-electron chi connectivity index (χ3n) is 4.84. The molecule has 5 heteroatoms. The molecule has 1 aliphatic rings. The Kier molecular flexibility index (Phi) is 4.29. The van der Waals surface area contributed by atoms with Gasteiger partial charge >= 0.3 is 0 Å². The Morgan fingerprint density at radius 2 is 1.88 bits per heavy atom. The molecule has 1 atom stereocenters. The van der Waals surface area contributed by atoms with Gasteiger partial charge in [0.15, 0.2) is 0 Å². The first-order chi connectivity index (χ1) is 12.6. The molecule has 1 aromatic heterocycles. The average molecular weight is 346 g/mol. The Morgan fingerprint density at radius 1 is 1.12 bits per heavy atom. The molecule has 132 valence electrons. The average Bonchev–Trinajstić information content (AvgIpc) is 3.10. The highest BCUT2D eigenvalue weighted by Gasteiger charge is 2.32. The summed E-state index contributed by atoms with van der Waals surface area (Å²) in [6.45, 7) is 4.90. The van der Waals surface area contributed by atoms with Crippen LogP contribution in [0.15, 0.2) is 48.8 Å². The minimum absolute atomic E-state index is 0.0233. The fraction of sp³-hybridized carbons (Fsp3) is 0.286. The van der Waals surface area contributed by atoms with Gasteiger partial charge in [0.1, 0.15) is 18.2 Å². The minimum Gasteiger partial charge on any atom is -0.344 e. The van der Waals surface area contributed by atoms with E-state index in [9.17, 15) is 4.79 Å². The molecular formula is C21H22N4O. The lowest BCUT2D eigenvalue weighted by molar-refractivity contribution is -0.117. The van der Waals surface area contributed by atoms with Crippen molar-refractivity contribution >= 4 is 28.3 Å². The van der Waals surface area contributed by atoms with Gasteiger partial charge in [0.25, 0.3) is 0 Å². The standard InChI is InChI=1S/C21H22N4O/c1-14-10-15(2)12-16(11-14)24-21(26)19-8-5-9-25(19)20-17-6-3-4-7-18(17)22-13-23-20/h3-4,6-7,10-13,19H,5,8-9H2,1-2H3,(H,24,26)/t19-/m0/s1. The highest BCUT2D eigenvalue weighted by Crippen LogP contribution is 2.30. The van der Waals surface area contributed by atoms with Gasteiger partial charge in [-0.2, -0.15) is 0 Å². The van der Waals surface area contributed by atoms with E-state index in [1.165, 1.54) is 0 Å². The maximum atomic E-state index is 13.0. The van der Waals surface area contributed by atoms with Crippen LogP contribution in [0.1, 0.15) is 24.0 Å². The summed E-state index contributed by atoms with van der Waals surface area (Å²) >= 11 is 0. The third-order valence-corrected chi connectivity index (χ3v) is 4.84. The van der Waals surface area contributed by atoms with Crippen molar-refractivity contribution in [2.24, 2.45) is 0 Å². The molecule has 1 aliphatic heterocycles. The van der Waals surface area contributed by atoms with Gasteiger partial charge in [-0.15, -0.1) is 0 Å². The van der Waals surface area contributed by atoms with Crippen molar-refractivity contribution in [3.63, 3.8) is 0 Å². The van der Waals surface area contributed by atoms with Crippen molar-refractivity contribution in [3.8, 4) is 0 Å². The summed E-state index contributed by atoms with van der Waals surface area (Å²) in [6.07, 6.45) is 3.38. The molecule has 1 amide bonds. The Balaban J connectivity index is 1.62. The molecular weight excluding hydrogens is 324 g/mol. The van der Waals surface area contributed by atoms with Crippen LogP contribution in [-0.4, -0.2) is 28.5 Å². The van der Waals surface area contributed by atoms with Gasteiger partial charge in [0, 0.05) is 17.6 Å². The molecule has 3 aromatic rings. The van der Waals surface area contributed by atoms with Crippen LogP contribution in [0.2, 0.25) is 0 Å². The number of benzene rings is 2. The van der Waals surface area contributed by atoms with Gasteiger partial charge in [0.05, 0.1) is 5.52 Å². The van der Waals surface area contributed by atoms with Crippen LogP contribution in [0.4, 0.5) is 11.5 Å². The molecule has 0 radical (unpaired) electrons. The second-order valence-electron chi connectivity index (χ2n) is 6.93. The van der Waals surface area contributed by atoms with E-state index in [2.05, 4.69) is 26.3 Å². The number of hydrogen-bond acceptors (Lipinski definition) is 4. The van der Waals surface area contributed by atoms with Crippen molar-refractivity contribution < 1.29 is 4.79 Å². The number of nitrogens with zero attached hydrogens (tertiary/aromatic N) is 3. The maximum Gasteiger partial charge on any atom is 0.247 e. The highest BCUT2D eigenvalue weighted by atomic mass is 16.2. The van der Waals surface area contributed by atoms with Crippen LogP contribution in [-0.2, 0) is 4.79 Å². The molecule has 0 unspecified atom stereocenters. The van der Waals surface area contributed by atoms with Crippen molar-refractivity contribution in [2.45, 2.75) is 32.7 Å². The van der Waals surface area contributed by atoms with Gasteiger partial charge in [-0.1, -0.05) is 18.2 Å². The maximum absolute atomic E-state index is 13.0. The van der Waals surface area contributed by atoms with Crippen molar-refractivity contribution in [3.05, 3.63) is 59.9 Å². The lowest BCUT2D eigenvalue weighted by atomic mass is 10.1. The SMILES string of the molecule is Cc1cc(C)cc(NC(=O)[C@@H]2CCCN2c2ncnc3ccccc23)c1. The summed E-state index contributed by atoms with van der Waals surface area (Å²) in [7, 11) is 0. The smallest absolute Gasteiger partial charge is 0.247 e. The van der Waals surface area contributed by atoms with E-state index in [0.717, 1.165) is 52.9 Å². The van der Waals surface area contributed by atoms with Gasteiger partial charge in [-0.25, -0.2) is 9.97 Å². The molecule has 1 fully saturated rings. The van der Waals surface area contributed by atoms with Crippen LogP contribution in [0.5, 0.6) is 0 Å². The fourth-order valence-corrected chi connectivity index (χ4v) is 3.78. The minimum atomic E-state index is -0.214. The first kappa shape index (κ1) is 16.5. The molecule has 4 rings (SSSR count). The Bertz CT molecular complexity index is 944. The number of amides is 1. The third kappa shape index (κ3) is 3.12. The summed E-state index contributed by atoms with van der Waals surface area (Å²) < 4.78 is 0. The lowest BCUT2D eigenvalue weighted by Gasteiger charge is -2.26. The van der Waals surface area contributed by atoms with E-state index in [1.54, 1.807) is 6.33 Å². The number of carbonyl (C=O) groups is 1. The predicted molar refractivity (Wildman–Crippen MR) is 104 cm³/mol. The summed E-state index contributed by atoms with van der Waals surface area (Å²) in [5.41, 5.74) is 4.04. The Labute approximate surface area is 153 Å². The topological polar surface area (TPSA) is 58.1 Å². The summed E-state index contributed by atoms with van der Waals surface area (Å²) in [4.78, 5) is 23.9. The fourth-order valence-electron chi connectivity index (χ4n) is 3.78. The van der Waals surface area contributed by atoms with Gasteiger partial charge in [0.2, 0.25) is 5.91 Å². The van der Waals surface area contributed by atoms with Crippen LogP contribution < -0.4 is 10.2 Å². The summed E-state index contributed by atoms with van der Waals surface area (Å²) in [5.74, 6) is 0.865. The molecule has 0 aliphatic carbocycles. The Hall–Kier alpha value is -2.95. The van der Waals surface area contributed by atoms with E-state index >= 15 is 0 Å². The Morgan fingerprint density at radius 3 is 2.69 bits per heavy atom. The van der Waals surface area contributed by atoms with E-state index < -0.39 is 0 Å². The second kappa shape index (κ2) is 6.75. The molecule has 0 spiro atoms. The monoisotopic (exact) mass is 346 g/mol. The van der Waals surface area contributed by atoms with E-state index in [0.29, 0.717) is 0 Å². The summed E-state index contributed by atoms with van der Waals surface area (Å²) in [5, 5.41) is 4.08. The zero-order valence-electron chi connectivity index (χ0n) is 15.1. The molecule has 2 aromatic carbocycles. The number of aryl methyl sites for hydroxylation is 2. The number of rotatable bonds is 3. The van der Waals surface area contributed by atoms with Crippen LogP contribution in [0, 0.1) is 13.8 Å². The number of fused-ring (bicyclic) bond motifs is 1. The van der Waals surface area contributed by atoms with Crippen molar-refractivity contribution in [1.29, 1.82) is 0 Å². The van der Waals surface area contributed by atoms with Crippen LogP contribution in [0.25, 0.3) is 10.9 Å². The van der Waals surface area contributed by atoms with Gasteiger partial charge < -0.3 is 10.2 Å². The largest absolute Gasteiger partial charge is 0.344 e. The molecule has 5 nitrogen and oxygen atoms in total. The molecule has 0 bridgehead atoms. The lowest BCUT2D eigenvalue weighted by Crippen LogP contribution is -2.40. The zero-order chi connectivity index (χ0) is 18.1. The normalized spacial score (nSPS) is 16.8. The first-order valence-electron chi connectivity index (χ1n) is 8.97. The van der Waals surface area contributed by atoms with Crippen molar-refractivity contribution in [2.75, 3.05) is 16.8 Å². The highest BCUT2D eigenvalue weighted by molar-refractivity contribution is 5.99. The molecule has 26 heavy (non-hydrogen) atoms. The molecule has 1 N–H and O–H groups in total. The molecule has 1 saturated heterocycles.